The van der Waals surface area contributed by atoms with Gasteiger partial charge in [0.05, 0.1) is 15.9 Å². The number of hydrogen-bond donors (Lipinski definition) is 2. The fraction of sp³-hybridized carbons (Fsp3) is 0.250. The van der Waals surface area contributed by atoms with Crippen molar-refractivity contribution in [1.82, 2.24) is 9.97 Å². The predicted octanol–water partition coefficient (Wildman–Crippen LogP) is 2.27. The highest BCUT2D eigenvalue weighted by Crippen LogP contribution is 2.28. The number of aromatic amines is 1. The van der Waals surface area contributed by atoms with Crippen LogP contribution in [0.1, 0.15) is 12.2 Å². The standard InChI is InChI=1S/C12H13N5O4/c18-16(19)9-3-4-10(11(8-9)17(20)21)13-5-1-2-12-14-6-7-15-12/h3-4,6-8,13H,1-2,5H2,(H,14,15). The third-order valence-electron chi connectivity index (χ3n) is 2.85. The molecule has 0 aliphatic carbocycles. The van der Waals surface area contributed by atoms with Crippen molar-refractivity contribution in [3.05, 3.63) is 56.6 Å². The molecule has 0 spiro atoms. The van der Waals surface area contributed by atoms with E-state index in [4.69, 9.17) is 0 Å². The molecule has 2 N–H and O–H groups in total. The summed E-state index contributed by atoms with van der Waals surface area (Å²) in [6.07, 6.45) is 4.82. The quantitative estimate of drug-likeness (QED) is 0.457. The van der Waals surface area contributed by atoms with Crippen molar-refractivity contribution in [2.75, 3.05) is 11.9 Å². The Balaban J connectivity index is 1.98. The highest BCUT2D eigenvalue weighted by molar-refractivity contribution is 5.65. The van der Waals surface area contributed by atoms with Crippen LogP contribution >= 0.6 is 0 Å². The lowest BCUT2D eigenvalue weighted by atomic mass is 10.2. The first-order valence-corrected chi connectivity index (χ1v) is 6.23. The summed E-state index contributed by atoms with van der Waals surface area (Å²) in [4.78, 5) is 27.3. The van der Waals surface area contributed by atoms with E-state index in [1.807, 2.05) is 0 Å². The van der Waals surface area contributed by atoms with Crippen LogP contribution < -0.4 is 5.32 Å². The number of aryl methyl sites for hydroxylation is 1. The maximum Gasteiger partial charge on any atom is 0.299 e. The van der Waals surface area contributed by atoms with Crippen LogP contribution in [-0.4, -0.2) is 26.4 Å². The second-order valence-corrected chi connectivity index (χ2v) is 4.28. The Bertz CT molecular complexity index is 641. The fourth-order valence-electron chi connectivity index (χ4n) is 1.85. The van der Waals surface area contributed by atoms with Crippen molar-refractivity contribution in [1.29, 1.82) is 0 Å². The van der Waals surface area contributed by atoms with Crippen LogP contribution in [0.3, 0.4) is 0 Å². The first kappa shape index (κ1) is 14.4. The van der Waals surface area contributed by atoms with Gasteiger partial charge in [-0.25, -0.2) is 4.98 Å². The normalized spacial score (nSPS) is 10.3. The largest absolute Gasteiger partial charge is 0.379 e. The summed E-state index contributed by atoms with van der Waals surface area (Å²) < 4.78 is 0. The summed E-state index contributed by atoms with van der Waals surface area (Å²) >= 11 is 0. The maximum absolute atomic E-state index is 10.9. The van der Waals surface area contributed by atoms with Gasteiger partial charge in [0.2, 0.25) is 0 Å². The molecular weight excluding hydrogens is 278 g/mol. The van der Waals surface area contributed by atoms with Crippen molar-refractivity contribution in [3.8, 4) is 0 Å². The number of nitrogens with one attached hydrogen (secondary N) is 2. The van der Waals surface area contributed by atoms with Crippen LogP contribution in [-0.2, 0) is 6.42 Å². The number of aromatic nitrogens is 2. The molecule has 0 amide bonds. The highest BCUT2D eigenvalue weighted by Gasteiger charge is 2.18. The molecule has 110 valence electrons. The minimum Gasteiger partial charge on any atom is -0.379 e. The molecule has 0 saturated heterocycles. The lowest BCUT2D eigenvalue weighted by Crippen LogP contribution is -2.06. The van der Waals surface area contributed by atoms with Crippen molar-refractivity contribution >= 4 is 17.1 Å². The van der Waals surface area contributed by atoms with Crippen molar-refractivity contribution < 1.29 is 9.85 Å². The molecular formula is C12H13N5O4. The third-order valence-corrected chi connectivity index (χ3v) is 2.85. The summed E-state index contributed by atoms with van der Waals surface area (Å²) in [5.74, 6) is 0.843. The van der Waals surface area contributed by atoms with Gasteiger partial charge in [-0.15, -0.1) is 0 Å². The van der Waals surface area contributed by atoms with E-state index in [0.29, 0.717) is 13.0 Å². The van der Waals surface area contributed by atoms with E-state index >= 15 is 0 Å². The lowest BCUT2D eigenvalue weighted by Gasteiger charge is -2.06. The molecule has 0 fully saturated rings. The maximum atomic E-state index is 10.9. The van der Waals surface area contributed by atoms with E-state index in [1.165, 1.54) is 12.1 Å². The van der Waals surface area contributed by atoms with Gasteiger partial charge in [-0.05, 0) is 12.5 Å². The molecule has 0 radical (unpaired) electrons. The number of hydrogen-bond acceptors (Lipinski definition) is 6. The van der Waals surface area contributed by atoms with Crippen LogP contribution in [0.15, 0.2) is 30.6 Å². The van der Waals surface area contributed by atoms with Crippen LogP contribution in [0.5, 0.6) is 0 Å². The molecule has 2 rings (SSSR count). The average Bonchev–Trinajstić information content (AvgIpc) is 2.96. The fourth-order valence-corrected chi connectivity index (χ4v) is 1.85. The van der Waals surface area contributed by atoms with Crippen molar-refractivity contribution in [3.63, 3.8) is 0 Å². The molecule has 0 atom stereocenters. The molecule has 2 aromatic rings. The number of nitro benzene ring substituents is 2. The van der Waals surface area contributed by atoms with Gasteiger partial charge < -0.3 is 10.3 Å². The third kappa shape index (κ3) is 3.75. The number of imidazole rings is 1. The Kier molecular flexibility index (Phi) is 4.44. The molecule has 0 unspecified atom stereocenters. The summed E-state index contributed by atoms with van der Waals surface area (Å²) in [5, 5.41) is 24.5. The van der Waals surface area contributed by atoms with E-state index < -0.39 is 9.85 Å². The monoisotopic (exact) mass is 291 g/mol. The number of benzene rings is 1. The Labute approximate surface area is 119 Å². The number of rotatable bonds is 7. The SMILES string of the molecule is O=[N+]([O-])c1ccc(NCCCc2ncc[nH]2)c([N+](=O)[O-])c1. The van der Waals surface area contributed by atoms with Gasteiger partial charge in [0.1, 0.15) is 11.5 Å². The number of H-pyrrole nitrogens is 1. The number of nitro groups is 2. The molecule has 1 heterocycles. The second-order valence-electron chi connectivity index (χ2n) is 4.28. The number of non-ortho nitro benzene ring substituents is 1. The van der Waals surface area contributed by atoms with Crippen molar-refractivity contribution in [2.45, 2.75) is 12.8 Å². The molecule has 9 nitrogen and oxygen atoms in total. The van der Waals surface area contributed by atoms with E-state index in [1.54, 1.807) is 12.4 Å². The summed E-state index contributed by atoms with van der Waals surface area (Å²) in [6.45, 7) is 0.499. The Hall–Kier alpha value is -2.97. The van der Waals surface area contributed by atoms with Crippen LogP contribution in [0.2, 0.25) is 0 Å². The smallest absolute Gasteiger partial charge is 0.299 e. The van der Waals surface area contributed by atoms with Crippen LogP contribution in [0.25, 0.3) is 0 Å². The molecule has 1 aromatic carbocycles. The van der Waals surface area contributed by atoms with Crippen LogP contribution in [0.4, 0.5) is 17.1 Å². The molecule has 0 aliphatic rings. The Morgan fingerprint density at radius 3 is 2.67 bits per heavy atom. The van der Waals surface area contributed by atoms with Crippen LogP contribution in [0, 0.1) is 20.2 Å². The molecule has 9 heteroatoms. The van der Waals surface area contributed by atoms with E-state index in [9.17, 15) is 20.2 Å². The predicted molar refractivity (Wildman–Crippen MR) is 75.1 cm³/mol. The Morgan fingerprint density at radius 1 is 1.24 bits per heavy atom. The van der Waals surface area contributed by atoms with E-state index in [2.05, 4.69) is 15.3 Å². The minimum atomic E-state index is -0.659. The van der Waals surface area contributed by atoms with Gasteiger partial charge in [-0.2, -0.15) is 0 Å². The van der Waals surface area contributed by atoms with E-state index in [-0.39, 0.29) is 17.1 Å². The molecule has 0 aliphatic heterocycles. The topological polar surface area (TPSA) is 127 Å². The van der Waals surface area contributed by atoms with Gasteiger partial charge in [0.25, 0.3) is 11.4 Å². The zero-order valence-electron chi connectivity index (χ0n) is 11.0. The van der Waals surface area contributed by atoms with Gasteiger partial charge in [0, 0.05) is 31.4 Å². The zero-order valence-corrected chi connectivity index (χ0v) is 11.0. The summed E-state index contributed by atoms with van der Waals surface area (Å²) in [7, 11) is 0. The van der Waals surface area contributed by atoms with Gasteiger partial charge >= 0.3 is 0 Å². The molecule has 21 heavy (non-hydrogen) atoms. The summed E-state index contributed by atoms with van der Waals surface area (Å²) in [5.41, 5.74) is -0.338. The first-order valence-electron chi connectivity index (χ1n) is 6.23. The van der Waals surface area contributed by atoms with E-state index in [0.717, 1.165) is 18.3 Å². The van der Waals surface area contributed by atoms with Crippen molar-refractivity contribution in [2.24, 2.45) is 0 Å². The first-order chi connectivity index (χ1) is 10.1. The molecule has 0 saturated carbocycles. The van der Waals surface area contributed by atoms with Gasteiger partial charge in [0.15, 0.2) is 0 Å². The van der Waals surface area contributed by atoms with Gasteiger partial charge in [-0.1, -0.05) is 0 Å². The Morgan fingerprint density at radius 2 is 2.05 bits per heavy atom. The average molecular weight is 291 g/mol. The number of anilines is 1. The van der Waals surface area contributed by atoms with Gasteiger partial charge in [-0.3, -0.25) is 20.2 Å². The lowest BCUT2D eigenvalue weighted by molar-refractivity contribution is -0.393. The molecule has 1 aromatic heterocycles. The number of nitrogens with zero attached hydrogens (tertiary/aromatic N) is 3. The highest BCUT2D eigenvalue weighted by atomic mass is 16.6. The minimum absolute atomic E-state index is 0.269. The zero-order chi connectivity index (χ0) is 15.2. The molecule has 0 bridgehead atoms. The second kappa shape index (κ2) is 6.46. The summed E-state index contributed by atoms with van der Waals surface area (Å²) in [6, 6.07) is 3.54.